The predicted molar refractivity (Wildman–Crippen MR) is 575 cm³/mol. The number of benzene rings is 14. The Kier molecular flexibility index (Phi) is 50.6. The van der Waals surface area contributed by atoms with Gasteiger partial charge in [-0.1, -0.05) is 238 Å². The van der Waals surface area contributed by atoms with E-state index in [9.17, 15) is 30.7 Å². The zero-order valence-corrected chi connectivity index (χ0v) is 83.9. The summed E-state index contributed by atoms with van der Waals surface area (Å²) in [4.78, 5) is 0. The van der Waals surface area contributed by atoms with Crippen molar-refractivity contribution in [2.24, 2.45) is 0 Å². The monoisotopic (exact) mass is 1940 g/mol. The van der Waals surface area contributed by atoms with Gasteiger partial charge in [0.1, 0.15) is 40.7 Å². The van der Waals surface area contributed by atoms with Crippen molar-refractivity contribution in [2.75, 3.05) is 0 Å². The number of hydrogen-bond acceptors (Lipinski definition) is 7. The molecule has 14 rings (SSSR count). The van der Waals surface area contributed by atoms with Crippen LogP contribution in [0, 0.1) is 210 Å². The largest absolute Gasteiger partial charge is 0.206 e. The number of rotatable bonds is 21. The molecule has 0 spiro atoms. The summed E-state index contributed by atoms with van der Waals surface area (Å²) in [5.41, 5.74) is 19.2. The van der Waals surface area contributed by atoms with Crippen molar-refractivity contribution in [1.29, 1.82) is 36.8 Å². The molecule has 0 radical (unpaired) electrons. The molecular weight excluding hydrogens is 1830 g/mol. The molecule has 0 saturated heterocycles. The van der Waals surface area contributed by atoms with Gasteiger partial charge < -0.3 is 0 Å². The number of aryl methyl sites for hydroxylation is 7. The predicted octanol–water partition coefficient (Wildman–Crippen LogP) is 31.2. The van der Waals surface area contributed by atoms with Crippen LogP contribution >= 0.6 is 0 Å². The van der Waals surface area contributed by atoms with Crippen molar-refractivity contribution in [3.63, 3.8) is 0 Å². The van der Waals surface area contributed by atoms with Gasteiger partial charge in [0.05, 0.1) is 120 Å². The van der Waals surface area contributed by atoms with Gasteiger partial charge in [-0.05, 0) is 365 Å². The minimum Gasteiger partial charge on any atom is -0.206 e. The van der Waals surface area contributed by atoms with E-state index in [1.807, 2.05) is 74.5 Å². The summed E-state index contributed by atoms with van der Waals surface area (Å²) in [6, 6.07) is 99.2. The highest BCUT2D eigenvalue weighted by Gasteiger charge is 2.10. The maximum absolute atomic E-state index is 14.2. The van der Waals surface area contributed by atoms with Gasteiger partial charge in [-0.25, -0.2) is 30.7 Å². The average molecular weight is 1940 g/mol. The van der Waals surface area contributed by atoms with Crippen LogP contribution in [0.2, 0.25) is 0 Å². The molecule has 0 atom stereocenters. The lowest BCUT2D eigenvalue weighted by Gasteiger charge is -2.03. The van der Waals surface area contributed by atoms with Crippen LogP contribution in [0.5, 0.6) is 0 Å². The minimum absolute atomic E-state index is 0.262. The Morgan fingerprint density at radius 3 is 0.537 bits per heavy atom. The standard InChI is InChI=1S/C22H22FN.C21H20FN.C20H18FN.C19H16FN.C18H14FN.C17H12FN.C16H10FN/c1-2-3-4-5-6-7-19-13-15-21(22(23)16-19)14-12-18-8-10-20(17-24)11-9-18;1-2-3-4-5-6-18-12-14-20(21(22)15-18)13-11-17-7-9-19(16-23)10-8-17;1-2-3-4-5-17-11-13-19(20(21)14-17)12-10-16-6-8-18(15-22)9-7-16;1-2-3-4-16-10-12-18(19(20)13-16)11-9-15-5-7-17(14-21)8-6-15;1-2-3-15-9-11-17(18(19)12-15)10-8-14-4-6-16(13-20)7-5-14;1-2-13-7-9-16(17(18)11-13)10-8-14-3-5-15(12-19)6-4-14;1-12-2-8-15(16(17)10-12)9-7-13-3-5-14(11-18)6-4-13/h8-11,13,15-16H,2-7H2,1H3;7-10,12,14-15H,2-6H2,1H3;6-9,11,13-14H,2-5H2,1H3;5-8,10,12-13H,2-4H2,1H3;4-7,9,11-12H,2-3H2,1H3;3-7,9,11H,2H2,1H3;2-6,8,10H,1H3. The van der Waals surface area contributed by atoms with E-state index in [1.165, 1.54) is 63.5 Å². The normalized spacial score (nSPS) is 9.57. The number of unbranched alkanes of at least 4 members (excludes halogenated alkanes) is 10. The van der Waals surface area contributed by atoms with Crippen LogP contribution in [0.3, 0.4) is 0 Å². The van der Waals surface area contributed by atoms with Crippen LogP contribution < -0.4 is 0 Å². The van der Waals surface area contributed by atoms with Gasteiger partial charge in [0.25, 0.3) is 0 Å². The molecule has 0 fully saturated rings. The molecule has 0 amide bonds. The molecule has 0 aliphatic heterocycles. The van der Waals surface area contributed by atoms with Crippen LogP contribution in [0.4, 0.5) is 30.7 Å². The first-order chi connectivity index (χ1) is 71.5. The average Bonchev–Trinajstić information content (AvgIpc) is 0.874. The third-order valence-electron chi connectivity index (χ3n) is 22.5. The third-order valence-corrected chi connectivity index (χ3v) is 22.5. The first kappa shape index (κ1) is 114. The van der Waals surface area contributed by atoms with Crippen LogP contribution in [-0.2, 0) is 38.5 Å². The van der Waals surface area contributed by atoms with E-state index in [2.05, 4.69) is 142 Å². The van der Waals surface area contributed by atoms with Gasteiger partial charge in [-0.3, -0.25) is 0 Å². The highest BCUT2D eigenvalue weighted by atomic mass is 19.2. The van der Waals surface area contributed by atoms with Crippen molar-refractivity contribution in [1.82, 2.24) is 0 Å². The van der Waals surface area contributed by atoms with E-state index in [0.29, 0.717) is 77.9 Å². The molecule has 14 aromatic rings. The summed E-state index contributed by atoms with van der Waals surface area (Å²) in [5, 5.41) is 61.0. The molecule has 0 bridgehead atoms. The molecule has 0 heterocycles. The topological polar surface area (TPSA) is 167 Å². The molecule has 0 saturated carbocycles. The molecule has 7 nitrogen and oxygen atoms in total. The lowest BCUT2D eigenvalue weighted by atomic mass is 10.0. The quantitative estimate of drug-likeness (QED) is 0.0392. The van der Waals surface area contributed by atoms with E-state index in [0.717, 1.165) is 161 Å². The fraction of sp³-hybridized carbons (Fsp3) is 0.211. The second-order valence-electron chi connectivity index (χ2n) is 34.1. The fourth-order valence-electron chi connectivity index (χ4n) is 14.0. The number of nitrogens with zero attached hydrogens (tertiary/aromatic N) is 7. The summed E-state index contributed by atoms with van der Waals surface area (Å²) >= 11 is 0. The zero-order valence-electron chi connectivity index (χ0n) is 83.9. The summed E-state index contributed by atoms with van der Waals surface area (Å²) in [6.45, 7) is 14.5. The van der Waals surface area contributed by atoms with E-state index in [-0.39, 0.29) is 40.7 Å². The first-order valence-corrected chi connectivity index (χ1v) is 49.2. The van der Waals surface area contributed by atoms with E-state index in [4.69, 9.17) is 36.8 Å². The minimum atomic E-state index is -0.309. The van der Waals surface area contributed by atoms with Crippen molar-refractivity contribution in [2.45, 2.75) is 183 Å². The Hall–Kier alpha value is -18.1. The SMILES string of the molecule is CCCCCCCc1ccc(C#Cc2ccc(C#N)cc2)c(F)c1.CCCCCCc1ccc(C#Cc2ccc(C#N)cc2)c(F)c1.CCCCCc1ccc(C#Cc2ccc(C#N)cc2)c(F)c1.CCCCc1ccc(C#Cc2ccc(C#N)cc2)c(F)c1.CCCc1ccc(C#Cc2ccc(C#N)cc2)c(F)c1.CCc1ccc(C#Cc2ccc(C#N)cc2)c(F)c1.Cc1ccc(C#Cc2ccc(C#N)cc2)c(F)c1. The number of hydrogen-bond donors (Lipinski definition) is 0. The van der Waals surface area contributed by atoms with E-state index < -0.39 is 0 Å². The third kappa shape index (κ3) is 42.3. The molecule has 728 valence electrons. The highest BCUT2D eigenvalue weighted by molar-refractivity contribution is 5.54. The molecular formula is C133H112F7N7. The fourth-order valence-corrected chi connectivity index (χ4v) is 14.0. The maximum Gasteiger partial charge on any atom is 0.139 e. The molecule has 0 aliphatic rings. The van der Waals surface area contributed by atoms with Gasteiger partial charge in [0.15, 0.2) is 0 Å². The van der Waals surface area contributed by atoms with Gasteiger partial charge in [-0.2, -0.15) is 36.8 Å². The molecule has 14 aromatic carbocycles. The lowest BCUT2D eigenvalue weighted by Crippen LogP contribution is -1.91. The van der Waals surface area contributed by atoms with Crippen molar-refractivity contribution in [3.05, 3.63) is 494 Å². The second kappa shape index (κ2) is 65.1. The highest BCUT2D eigenvalue weighted by Crippen LogP contribution is 2.22. The van der Waals surface area contributed by atoms with Crippen molar-refractivity contribution in [3.8, 4) is 125 Å². The summed E-state index contributed by atoms with van der Waals surface area (Å²) in [6.07, 6.45) is 22.7. The first-order valence-electron chi connectivity index (χ1n) is 49.2. The van der Waals surface area contributed by atoms with Gasteiger partial charge >= 0.3 is 0 Å². The lowest BCUT2D eigenvalue weighted by molar-refractivity contribution is 0.613. The summed E-state index contributed by atoms with van der Waals surface area (Å²) in [7, 11) is 0. The van der Waals surface area contributed by atoms with Gasteiger partial charge in [0.2, 0.25) is 0 Å². The van der Waals surface area contributed by atoms with Crippen LogP contribution in [0.1, 0.15) is 294 Å². The van der Waals surface area contributed by atoms with Crippen LogP contribution in [-0.4, -0.2) is 0 Å². The molecule has 0 aliphatic carbocycles. The Labute approximate surface area is 864 Å². The van der Waals surface area contributed by atoms with E-state index >= 15 is 0 Å². The number of nitriles is 7. The van der Waals surface area contributed by atoms with Crippen LogP contribution in [0.15, 0.2) is 297 Å². The summed E-state index contributed by atoms with van der Waals surface area (Å²) < 4.78 is 97.3. The Bertz CT molecular complexity index is 7520. The van der Waals surface area contributed by atoms with Crippen molar-refractivity contribution >= 4 is 0 Å². The Morgan fingerprint density at radius 1 is 0.163 bits per heavy atom. The summed E-state index contributed by atoms with van der Waals surface area (Å²) in [5.74, 6) is 38.3. The maximum atomic E-state index is 14.2. The molecule has 14 heteroatoms. The van der Waals surface area contributed by atoms with Gasteiger partial charge in [-0.15, -0.1) is 0 Å². The van der Waals surface area contributed by atoms with Crippen molar-refractivity contribution < 1.29 is 30.7 Å². The molecule has 147 heavy (non-hydrogen) atoms. The zero-order chi connectivity index (χ0) is 106. The number of halogens is 7. The molecule has 0 aromatic heterocycles. The van der Waals surface area contributed by atoms with E-state index in [1.54, 1.807) is 243 Å². The Morgan fingerprint density at radius 2 is 0.333 bits per heavy atom. The molecule has 0 unspecified atom stereocenters. The van der Waals surface area contributed by atoms with Crippen LogP contribution in [0.25, 0.3) is 0 Å². The second-order valence-corrected chi connectivity index (χ2v) is 34.1. The molecule has 0 N–H and O–H groups in total. The smallest absolute Gasteiger partial charge is 0.139 e. The van der Waals surface area contributed by atoms with Gasteiger partial charge in [0, 0.05) is 38.9 Å². The Balaban J connectivity index is 0.000000209.